The fraction of sp³-hybridized carbons (Fsp3) is 0.318. The second-order valence-electron chi connectivity index (χ2n) is 7.77. The fourth-order valence-electron chi connectivity index (χ4n) is 3.65. The number of aromatic nitrogens is 4. The summed E-state index contributed by atoms with van der Waals surface area (Å²) in [6.45, 7) is 2.54. The average Bonchev–Trinajstić information content (AvgIpc) is 2.94. The number of amides is 2. The first-order chi connectivity index (χ1) is 16.2. The Morgan fingerprint density at radius 2 is 1.97 bits per heavy atom. The van der Waals surface area contributed by atoms with E-state index in [1.54, 1.807) is 12.1 Å². The SMILES string of the molecule is COc1cc(NC(=O)N2c3nc(-c4ccnc(C(F)(F)F)c4)ccc3N(C)CC[C@H]2C)ncn1. The van der Waals surface area contributed by atoms with E-state index in [9.17, 15) is 18.0 Å². The smallest absolute Gasteiger partial charge is 0.433 e. The molecule has 0 bridgehead atoms. The van der Waals surface area contributed by atoms with Crippen molar-refractivity contribution in [2.45, 2.75) is 25.6 Å². The number of halogens is 3. The molecule has 178 valence electrons. The summed E-state index contributed by atoms with van der Waals surface area (Å²) in [5, 5.41) is 2.73. The zero-order valence-electron chi connectivity index (χ0n) is 18.7. The molecule has 2 amide bonds. The number of carbonyl (C=O) groups excluding carboxylic acids is 1. The Morgan fingerprint density at radius 3 is 2.71 bits per heavy atom. The number of rotatable bonds is 3. The van der Waals surface area contributed by atoms with E-state index in [0.717, 1.165) is 12.3 Å². The highest BCUT2D eigenvalue weighted by Crippen LogP contribution is 2.36. The van der Waals surface area contributed by atoms with Gasteiger partial charge in [0.1, 0.15) is 17.8 Å². The molecule has 1 aliphatic rings. The number of anilines is 3. The molecule has 0 unspecified atom stereocenters. The zero-order valence-corrected chi connectivity index (χ0v) is 18.7. The van der Waals surface area contributed by atoms with Crippen LogP contribution >= 0.6 is 0 Å². The van der Waals surface area contributed by atoms with Gasteiger partial charge in [0.05, 0.1) is 18.5 Å². The number of fused-ring (bicyclic) bond motifs is 1. The lowest BCUT2D eigenvalue weighted by Crippen LogP contribution is -2.42. The van der Waals surface area contributed by atoms with Crippen molar-refractivity contribution in [2.24, 2.45) is 0 Å². The standard InChI is InChI=1S/C22H22F3N7O2/c1-13-7-9-31(2)16-5-4-15(14-6-8-26-17(10-14)22(23,24)25)29-20(16)32(13)21(33)30-18-11-19(34-3)28-12-27-18/h4-6,8,10-13H,7,9H2,1-3H3,(H,27,28,30,33)/t13-/m1/s1. The van der Waals surface area contributed by atoms with Crippen molar-refractivity contribution in [2.75, 3.05) is 35.8 Å². The summed E-state index contributed by atoms with van der Waals surface area (Å²) in [5.41, 5.74) is 0.189. The monoisotopic (exact) mass is 473 g/mol. The van der Waals surface area contributed by atoms with Gasteiger partial charge in [-0.25, -0.2) is 19.7 Å². The minimum absolute atomic E-state index is 0.239. The van der Waals surface area contributed by atoms with Gasteiger partial charge >= 0.3 is 12.2 Å². The molecule has 3 aromatic rings. The number of alkyl halides is 3. The Bertz CT molecular complexity index is 1210. The first-order valence-electron chi connectivity index (χ1n) is 10.4. The van der Waals surface area contributed by atoms with Gasteiger partial charge in [-0.2, -0.15) is 13.2 Å². The number of carbonyl (C=O) groups is 1. The van der Waals surface area contributed by atoms with E-state index in [0.29, 0.717) is 24.5 Å². The third-order valence-corrected chi connectivity index (χ3v) is 5.47. The van der Waals surface area contributed by atoms with Crippen LogP contribution in [0.3, 0.4) is 0 Å². The lowest BCUT2D eigenvalue weighted by molar-refractivity contribution is -0.141. The molecule has 1 atom stereocenters. The third kappa shape index (κ3) is 4.70. The second kappa shape index (κ2) is 9.12. The molecule has 0 spiro atoms. The molecule has 0 saturated heterocycles. The summed E-state index contributed by atoms with van der Waals surface area (Å²) in [7, 11) is 3.32. The fourth-order valence-corrected chi connectivity index (χ4v) is 3.65. The third-order valence-electron chi connectivity index (χ3n) is 5.47. The van der Waals surface area contributed by atoms with Crippen LogP contribution in [0.5, 0.6) is 5.88 Å². The predicted molar refractivity (Wildman–Crippen MR) is 120 cm³/mol. The van der Waals surface area contributed by atoms with E-state index in [-0.39, 0.29) is 29.0 Å². The number of methoxy groups -OCH3 is 1. The number of urea groups is 1. The number of ether oxygens (including phenoxy) is 1. The molecule has 34 heavy (non-hydrogen) atoms. The van der Waals surface area contributed by atoms with Crippen LogP contribution in [-0.2, 0) is 6.18 Å². The highest BCUT2D eigenvalue weighted by molar-refractivity contribution is 6.03. The Balaban J connectivity index is 1.75. The minimum Gasteiger partial charge on any atom is -0.481 e. The van der Waals surface area contributed by atoms with Crippen molar-refractivity contribution in [3.63, 3.8) is 0 Å². The minimum atomic E-state index is -4.58. The second-order valence-corrected chi connectivity index (χ2v) is 7.77. The average molecular weight is 473 g/mol. The molecular weight excluding hydrogens is 451 g/mol. The summed E-state index contributed by atoms with van der Waals surface area (Å²) in [6.07, 6.45) is -1.58. The van der Waals surface area contributed by atoms with Crippen LogP contribution in [0.4, 0.5) is 35.3 Å². The maximum Gasteiger partial charge on any atom is 0.433 e. The van der Waals surface area contributed by atoms with Gasteiger partial charge in [-0.1, -0.05) is 0 Å². The lowest BCUT2D eigenvalue weighted by atomic mass is 10.1. The molecular formula is C22H22F3N7O2. The van der Waals surface area contributed by atoms with Crippen molar-refractivity contribution in [1.82, 2.24) is 19.9 Å². The van der Waals surface area contributed by atoms with Gasteiger partial charge < -0.3 is 9.64 Å². The van der Waals surface area contributed by atoms with Crippen LogP contribution < -0.4 is 19.9 Å². The topological polar surface area (TPSA) is 96.4 Å². The molecule has 1 aliphatic heterocycles. The summed E-state index contributed by atoms with van der Waals surface area (Å²) >= 11 is 0. The molecule has 12 heteroatoms. The molecule has 3 aromatic heterocycles. The Kier molecular flexibility index (Phi) is 6.22. The first kappa shape index (κ1) is 23.2. The van der Waals surface area contributed by atoms with Gasteiger partial charge in [0, 0.05) is 37.5 Å². The van der Waals surface area contributed by atoms with E-state index in [1.807, 2.05) is 18.9 Å². The van der Waals surface area contributed by atoms with E-state index >= 15 is 0 Å². The van der Waals surface area contributed by atoms with Gasteiger partial charge in [0.2, 0.25) is 5.88 Å². The molecule has 4 heterocycles. The van der Waals surface area contributed by atoms with Gasteiger partial charge in [-0.3, -0.25) is 15.2 Å². The van der Waals surface area contributed by atoms with Crippen LogP contribution in [0.25, 0.3) is 11.3 Å². The Hall–Kier alpha value is -3.96. The first-order valence-corrected chi connectivity index (χ1v) is 10.4. The molecule has 0 fully saturated rings. The van der Waals surface area contributed by atoms with Gasteiger partial charge in [-0.15, -0.1) is 0 Å². The van der Waals surface area contributed by atoms with Gasteiger partial charge in [0.15, 0.2) is 5.82 Å². The van der Waals surface area contributed by atoms with Crippen molar-refractivity contribution >= 4 is 23.4 Å². The van der Waals surface area contributed by atoms with Crippen LogP contribution in [0.1, 0.15) is 19.0 Å². The lowest BCUT2D eigenvalue weighted by Gasteiger charge is -2.28. The molecule has 9 nitrogen and oxygen atoms in total. The van der Waals surface area contributed by atoms with Crippen LogP contribution in [0.2, 0.25) is 0 Å². The largest absolute Gasteiger partial charge is 0.481 e. The van der Waals surface area contributed by atoms with Crippen molar-refractivity contribution < 1.29 is 22.7 Å². The Labute approximate surface area is 193 Å². The van der Waals surface area contributed by atoms with E-state index < -0.39 is 17.9 Å². The molecule has 1 N–H and O–H groups in total. The molecule has 0 saturated carbocycles. The zero-order chi connectivity index (χ0) is 24.5. The number of hydrogen-bond donors (Lipinski definition) is 1. The van der Waals surface area contributed by atoms with Crippen LogP contribution in [0.15, 0.2) is 42.9 Å². The van der Waals surface area contributed by atoms with Crippen LogP contribution in [-0.4, -0.2) is 52.7 Å². The molecule has 0 radical (unpaired) electrons. The Morgan fingerprint density at radius 1 is 1.18 bits per heavy atom. The summed E-state index contributed by atoms with van der Waals surface area (Å²) in [6, 6.07) is 6.51. The maximum atomic E-state index is 13.3. The summed E-state index contributed by atoms with van der Waals surface area (Å²) in [4.78, 5) is 32.8. The summed E-state index contributed by atoms with van der Waals surface area (Å²) < 4.78 is 44.6. The molecule has 0 aromatic carbocycles. The van der Waals surface area contributed by atoms with Crippen molar-refractivity contribution in [3.8, 4) is 17.1 Å². The summed E-state index contributed by atoms with van der Waals surface area (Å²) in [5.74, 6) is 0.852. The number of nitrogens with one attached hydrogen (secondary N) is 1. The molecule has 0 aliphatic carbocycles. The maximum absolute atomic E-state index is 13.3. The normalized spacial score (nSPS) is 16.0. The number of nitrogens with zero attached hydrogens (tertiary/aromatic N) is 6. The van der Waals surface area contributed by atoms with Crippen molar-refractivity contribution in [1.29, 1.82) is 0 Å². The quantitative estimate of drug-likeness (QED) is 0.608. The predicted octanol–water partition coefficient (Wildman–Crippen LogP) is 4.23. The molecule has 4 rings (SSSR count). The highest BCUT2D eigenvalue weighted by Gasteiger charge is 2.33. The van der Waals surface area contributed by atoms with Crippen LogP contribution in [0, 0.1) is 0 Å². The number of pyridine rings is 2. The van der Waals surface area contributed by atoms with E-state index in [4.69, 9.17) is 4.74 Å². The highest BCUT2D eigenvalue weighted by atomic mass is 19.4. The van der Waals surface area contributed by atoms with E-state index in [1.165, 1.54) is 30.5 Å². The van der Waals surface area contributed by atoms with Gasteiger partial charge in [0.25, 0.3) is 0 Å². The van der Waals surface area contributed by atoms with Gasteiger partial charge in [-0.05, 0) is 37.6 Å². The van der Waals surface area contributed by atoms with E-state index in [2.05, 4.69) is 25.3 Å². The van der Waals surface area contributed by atoms with Crippen molar-refractivity contribution in [3.05, 3.63) is 48.5 Å². The number of hydrogen-bond acceptors (Lipinski definition) is 7.